The summed E-state index contributed by atoms with van der Waals surface area (Å²) in [5.74, 6) is -3.71. The molecule has 2 nitrogen and oxygen atoms in total. The normalized spacial score (nSPS) is 16.9. The number of alkyl halides is 3. The summed E-state index contributed by atoms with van der Waals surface area (Å²) in [6.45, 7) is 0.710. The Morgan fingerprint density at radius 1 is 1.07 bits per heavy atom. The summed E-state index contributed by atoms with van der Waals surface area (Å²) in [4.78, 5) is 0. The molecule has 1 aliphatic carbocycles. The number of rotatable bonds is 8. The van der Waals surface area contributed by atoms with Crippen LogP contribution in [0.15, 0.2) is 42.5 Å². The monoisotopic (exact) mass is 426 g/mol. The maximum Gasteiger partial charge on any atom is 0.426 e. The van der Waals surface area contributed by atoms with Crippen LogP contribution in [0.3, 0.4) is 0 Å². The van der Waals surface area contributed by atoms with Crippen molar-refractivity contribution in [1.82, 2.24) is 0 Å². The summed E-state index contributed by atoms with van der Waals surface area (Å²) in [7, 11) is 0. The minimum absolute atomic E-state index is 0.448. The van der Waals surface area contributed by atoms with Crippen molar-refractivity contribution < 1.29 is 31.4 Å². The van der Waals surface area contributed by atoms with E-state index in [4.69, 9.17) is 0 Å². The third-order valence-electron chi connectivity index (χ3n) is 5.22. The van der Waals surface area contributed by atoms with Crippen LogP contribution in [-0.2, 0) is 6.11 Å². The van der Waals surface area contributed by atoms with Gasteiger partial charge < -0.3 is 9.47 Å². The fraction of sp³-hybridized carbons (Fsp3) is 0.391. The summed E-state index contributed by atoms with van der Waals surface area (Å²) in [5.41, 5.74) is 1.55. The number of ether oxygens (including phenoxy) is 2. The largest absolute Gasteiger partial charge is 0.457 e. The zero-order chi connectivity index (χ0) is 21.7. The smallest absolute Gasteiger partial charge is 0.426 e. The first-order chi connectivity index (χ1) is 14.3. The van der Waals surface area contributed by atoms with Crippen molar-refractivity contribution in [2.45, 2.75) is 45.1 Å². The average Bonchev–Trinajstić information content (AvgIpc) is 2.71. The van der Waals surface area contributed by atoms with Gasteiger partial charge in [0.05, 0.1) is 5.56 Å². The van der Waals surface area contributed by atoms with E-state index in [-0.39, 0.29) is 0 Å². The first kappa shape index (κ1) is 22.1. The van der Waals surface area contributed by atoms with Crippen LogP contribution in [0, 0.1) is 17.6 Å². The summed E-state index contributed by atoms with van der Waals surface area (Å²) in [6, 6.07) is 6.71. The highest BCUT2D eigenvalue weighted by Crippen LogP contribution is 2.37. The van der Waals surface area contributed by atoms with E-state index in [0.717, 1.165) is 36.8 Å². The van der Waals surface area contributed by atoms with Crippen molar-refractivity contribution in [1.29, 1.82) is 0 Å². The van der Waals surface area contributed by atoms with Crippen LogP contribution < -0.4 is 9.47 Å². The third-order valence-corrected chi connectivity index (χ3v) is 5.22. The quantitative estimate of drug-likeness (QED) is 0.410. The van der Waals surface area contributed by atoms with Crippen LogP contribution in [0.5, 0.6) is 11.5 Å². The average molecular weight is 426 g/mol. The minimum Gasteiger partial charge on any atom is -0.457 e. The van der Waals surface area contributed by atoms with Crippen LogP contribution >= 0.6 is 0 Å². The molecule has 0 radical (unpaired) electrons. The highest BCUT2D eigenvalue weighted by Gasteiger charge is 2.35. The van der Waals surface area contributed by atoms with Gasteiger partial charge in [0.2, 0.25) is 6.86 Å². The van der Waals surface area contributed by atoms with Crippen molar-refractivity contribution >= 4 is 5.57 Å². The summed E-state index contributed by atoms with van der Waals surface area (Å²) < 4.78 is 77.3. The van der Waals surface area contributed by atoms with E-state index in [1.54, 1.807) is 12.1 Å². The third kappa shape index (κ3) is 5.12. The van der Waals surface area contributed by atoms with E-state index >= 15 is 0 Å². The van der Waals surface area contributed by atoms with E-state index in [9.17, 15) is 22.0 Å². The molecule has 2 aromatic rings. The fourth-order valence-electron chi connectivity index (χ4n) is 3.69. The molecule has 2 aromatic carbocycles. The summed E-state index contributed by atoms with van der Waals surface area (Å²) >= 11 is 0. The van der Waals surface area contributed by atoms with E-state index in [0.29, 0.717) is 18.1 Å². The Kier molecular flexibility index (Phi) is 7.00. The Balaban J connectivity index is 1.73. The standard InChI is InChI=1S/C23H23F5O2/c1-2-3-15-4-6-16(7-5-15)17-8-10-18(11-9-17)23(27,28)30-19-12-20(25)22(29-14-24)21(26)13-19/h6,8-13,15H,2-5,7,14H2,1H3. The van der Waals surface area contributed by atoms with Crippen molar-refractivity contribution in [3.05, 3.63) is 65.2 Å². The Morgan fingerprint density at radius 2 is 1.73 bits per heavy atom. The minimum atomic E-state index is -3.81. The highest BCUT2D eigenvalue weighted by molar-refractivity contribution is 5.66. The lowest BCUT2D eigenvalue weighted by molar-refractivity contribution is -0.185. The Bertz CT molecular complexity index is 870. The molecular weight excluding hydrogens is 403 g/mol. The van der Waals surface area contributed by atoms with Gasteiger partial charge in [0.15, 0.2) is 17.4 Å². The number of hydrogen-bond donors (Lipinski definition) is 0. The van der Waals surface area contributed by atoms with Gasteiger partial charge in [-0.1, -0.05) is 38.0 Å². The highest BCUT2D eigenvalue weighted by atomic mass is 19.3. The second-order valence-corrected chi connectivity index (χ2v) is 7.32. The van der Waals surface area contributed by atoms with E-state index in [1.165, 1.54) is 18.6 Å². The molecule has 0 bridgehead atoms. The maximum atomic E-state index is 14.5. The maximum absolute atomic E-state index is 14.5. The fourth-order valence-corrected chi connectivity index (χ4v) is 3.69. The van der Waals surface area contributed by atoms with Gasteiger partial charge in [0.1, 0.15) is 5.75 Å². The zero-order valence-electron chi connectivity index (χ0n) is 16.6. The lowest BCUT2D eigenvalue weighted by Gasteiger charge is -2.22. The van der Waals surface area contributed by atoms with Crippen molar-refractivity contribution in [2.75, 3.05) is 6.86 Å². The van der Waals surface area contributed by atoms with Gasteiger partial charge >= 0.3 is 6.11 Å². The molecule has 1 unspecified atom stereocenters. The number of allylic oxidation sites excluding steroid dienone is 2. The van der Waals surface area contributed by atoms with Crippen LogP contribution in [0.2, 0.25) is 0 Å². The second-order valence-electron chi connectivity index (χ2n) is 7.32. The predicted octanol–water partition coefficient (Wildman–Crippen LogP) is 7.38. The lowest BCUT2D eigenvalue weighted by atomic mass is 9.84. The molecular formula is C23H23F5O2. The van der Waals surface area contributed by atoms with Gasteiger partial charge in [0.25, 0.3) is 0 Å². The first-order valence-corrected chi connectivity index (χ1v) is 9.88. The molecule has 0 heterocycles. The lowest BCUT2D eigenvalue weighted by Crippen LogP contribution is -2.22. The second kappa shape index (κ2) is 9.49. The molecule has 7 heteroatoms. The SMILES string of the molecule is CCCC1CC=C(c2ccc(C(F)(F)Oc3cc(F)c(OCF)c(F)c3)cc2)CC1. The van der Waals surface area contributed by atoms with Crippen molar-refractivity contribution in [3.63, 3.8) is 0 Å². The molecule has 0 amide bonds. The Labute approximate surface area is 172 Å². The molecule has 1 atom stereocenters. The first-order valence-electron chi connectivity index (χ1n) is 9.88. The van der Waals surface area contributed by atoms with E-state index < -0.39 is 41.7 Å². The molecule has 0 spiro atoms. The molecule has 0 fully saturated rings. The van der Waals surface area contributed by atoms with E-state index in [1.807, 2.05) is 0 Å². The van der Waals surface area contributed by atoms with Crippen molar-refractivity contribution in [3.8, 4) is 11.5 Å². The summed E-state index contributed by atoms with van der Waals surface area (Å²) in [5, 5.41) is 0. The van der Waals surface area contributed by atoms with E-state index in [2.05, 4.69) is 22.5 Å². The topological polar surface area (TPSA) is 18.5 Å². The number of halogens is 5. The molecule has 162 valence electrons. The molecule has 1 aliphatic rings. The molecule has 0 saturated carbocycles. The summed E-state index contributed by atoms with van der Waals surface area (Å²) in [6.07, 6.45) is 3.67. The molecule has 0 saturated heterocycles. The van der Waals surface area contributed by atoms with Crippen molar-refractivity contribution in [2.24, 2.45) is 5.92 Å². The molecule has 0 aromatic heterocycles. The van der Waals surface area contributed by atoms with Gasteiger partial charge in [-0.15, -0.1) is 0 Å². The Morgan fingerprint density at radius 3 is 2.27 bits per heavy atom. The predicted molar refractivity (Wildman–Crippen MR) is 104 cm³/mol. The van der Waals surface area contributed by atoms with Gasteiger partial charge in [-0.3, -0.25) is 0 Å². The zero-order valence-corrected chi connectivity index (χ0v) is 16.6. The van der Waals surface area contributed by atoms with Gasteiger partial charge in [0, 0.05) is 12.1 Å². The van der Waals surface area contributed by atoms with Gasteiger partial charge in [-0.25, -0.2) is 13.2 Å². The Hall–Kier alpha value is -2.57. The molecule has 3 rings (SSSR count). The van der Waals surface area contributed by atoms with Crippen LogP contribution in [-0.4, -0.2) is 6.86 Å². The molecule has 0 aliphatic heterocycles. The number of benzene rings is 2. The van der Waals surface area contributed by atoms with Crippen LogP contribution in [0.1, 0.15) is 50.2 Å². The molecule has 30 heavy (non-hydrogen) atoms. The number of hydrogen-bond acceptors (Lipinski definition) is 2. The van der Waals surface area contributed by atoms with Crippen LogP contribution in [0.25, 0.3) is 5.57 Å². The molecule has 0 N–H and O–H groups in total. The van der Waals surface area contributed by atoms with Crippen LogP contribution in [0.4, 0.5) is 22.0 Å². The van der Waals surface area contributed by atoms with Gasteiger partial charge in [-0.05, 0) is 48.4 Å². The van der Waals surface area contributed by atoms with Gasteiger partial charge in [-0.2, -0.15) is 8.78 Å².